The third-order valence-corrected chi connectivity index (χ3v) is 8.66. The van der Waals surface area contributed by atoms with E-state index >= 15 is 0 Å². The number of anilines is 1. The summed E-state index contributed by atoms with van der Waals surface area (Å²) < 4.78 is 1.01. The first-order valence-electron chi connectivity index (χ1n) is 13.4. The Kier molecular flexibility index (Phi) is 8.35. The van der Waals surface area contributed by atoms with Gasteiger partial charge in [0.25, 0.3) is 11.8 Å². The minimum absolute atomic E-state index is 0.105. The van der Waals surface area contributed by atoms with E-state index in [2.05, 4.69) is 56.4 Å². The number of hydrogen-bond acceptors (Lipinski definition) is 5. The van der Waals surface area contributed by atoms with Crippen molar-refractivity contribution in [1.82, 2.24) is 20.2 Å². The number of H-pyrrole nitrogens is 1. The molecular weight excluding hydrogens is 586 g/mol. The van der Waals surface area contributed by atoms with Gasteiger partial charge in [0.2, 0.25) is 0 Å². The second-order valence-electron chi connectivity index (χ2n) is 9.77. The number of hydrogen-bond donors (Lipinski definition) is 3. The van der Waals surface area contributed by atoms with E-state index in [-0.39, 0.29) is 11.8 Å². The summed E-state index contributed by atoms with van der Waals surface area (Å²) in [6.07, 6.45) is 1.84. The van der Waals surface area contributed by atoms with Crippen molar-refractivity contribution < 1.29 is 9.59 Å². The zero-order valence-corrected chi connectivity index (χ0v) is 25.4. The lowest BCUT2D eigenvalue weighted by Crippen LogP contribution is -2.35. The van der Waals surface area contributed by atoms with Gasteiger partial charge in [-0.2, -0.15) is 0 Å². The number of halogens is 1. The number of nitrogens with zero attached hydrogens (tertiary/aromatic N) is 2. The van der Waals surface area contributed by atoms with Gasteiger partial charge in [-0.1, -0.05) is 48.0 Å². The summed E-state index contributed by atoms with van der Waals surface area (Å²) in [4.78, 5) is 36.5. The van der Waals surface area contributed by atoms with E-state index in [1.165, 1.54) is 0 Å². The molecule has 40 heavy (non-hydrogen) atoms. The molecule has 7 nitrogen and oxygen atoms in total. The molecule has 4 aromatic rings. The molecule has 1 aliphatic heterocycles. The predicted molar refractivity (Wildman–Crippen MR) is 168 cm³/mol. The first kappa shape index (κ1) is 28.0. The number of aromatic amines is 1. The molecule has 0 saturated heterocycles. The zero-order chi connectivity index (χ0) is 28.4. The number of aromatic nitrogens is 2. The van der Waals surface area contributed by atoms with Crippen LogP contribution >= 0.6 is 27.3 Å². The summed E-state index contributed by atoms with van der Waals surface area (Å²) in [5.41, 5.74) is 7.95. The molecule has 0 aliphatic carbocycles. The van der Waals surface area contributed by atoms with Gasteiger partial charge in [-0.15, -0.1) is 11.3 Å². The second kappa shape index (κ2) is 11.9. The van der Waals surface area contributed by atoms with Crippen LogP contribution < -0.4 is 10.6 Å². The normalized spacial score (nSPS) is 13.7. The summed E-state index contributed by atoms with van der Waals surface area (Å²) in [6.45, 7) is 11.3. The van der Waals surface area contributed by atoms with Crippen molar-refractivity contribution >= 4 is 56.4 Å². The third-order valence-electron chi connectivity index (χ3n) is 7.27. The number of thiazole rings is 1. The molecule has 0 saturated carbocycles. The van der Waals surface area contributed by atoms with Crippen molar-refractivity contribution in [3.05, 3.63) is 80.4 Å². The van der Waals surface area contributed by atoms with Crippen LogP contribution in [0.4, 0.5) is 5.69 Å². The Morgan fingerprint density at radius 3 is 2.67 bits per heavy atom. The molecule has 0 spiro atoms. The number of carbonyl (C=O) groups is 2. The predicted octanol–water partition coefficient (Wildman–Crippen LogP) is 6.75. The van der Waals surface area contributed by atoms with Crippen LogP contribution in [0.5, 0.6) is 0 Å². The van der Waals surface area contributed by atoms with Crippen molar-refractivity contribution in [2.45, 2.75) is 27.7 Å². The summed E-state index contributed by atoms with van der Waals surface area (Å²) in [6, 6.07) is 14.0. The number of amides is 2. The van der Waals surface area contributed by atoms with Crippen LogP contribution in [0.1, 0.15) is 46.7 Å². The molecule has 0 atom stereocenters. The maximum atomic E-state index is 13.0. The molecule has 2 aromatic carbocycles. The lowest BCUT2D eigenvalue weighted by molar-refractivity contribution is -0.110. The first-order valence-corrected chi connectivity index (χ1v) is 15.0. The number of likely N-dealkylation sites (N-methyl/N-ethyl adjacent to an activating group) is 1. The van der Waals surface area contributed by atoms with Crippen LogP contribution in [0.3, 0.4) is 0 Å². The summed E-state index contributed by atoms with van der Waals surface area (Å²) in [5, 5.41) is 8.98. The minimum Gasteiger partial charge on any atom is -0.358 e. The van der Waals surface area contributed by atoms with Gasteiger partial charge >= 0.3 is 0 Å². The fraction of sp³-hybridized carbons (Fsp3) is 0.258. The summed E-state index contributed by atoms with van der Waals surface area (Å²) in [5.74, 6) is -0.275. The largest absolute Gasteiger partial charge is 0.358 e. The molecule has 0 fully saturated rings. The molecule has 1 aliphatic rings. The fourth-order valence-electron chi connectivity index (χ4n) is 5.01. The zero-order valence-electron chi connectivity index (χ0n) is 23.0. The van der Waals surface area contributed by atoms with Gasteiger partial charge in [-0.05, 0) is 62.8 Å². The number of carbonyl (C=O) groups excluding carboxylic acids is 2. The molecule has 206 valence electrons. The summed E-state index contributed by atoms with van der Waals surface area (Å²) >= 11 is 5.12. The van der Waals surface area contributed by atoms with E-state index in [1.807, 2.05) is 61.7 Å². The molecule has 3 N–H and O–H groups in total. The quantitative estimate of drug-likeness (QED) is 0.181. The highest BCUT2D eigenvalue weighted by atomic mass is 79.9. The SMILES string of the molecule is CCN(CC)CCNC(=O)c1c(C)[nH]c(C=C2C(=O)Nc3ccc(-c4csc(-c5cccc(Br)c5)n4)cc32)c1C. The van der Waals surface area contributed by atoms with Gasteiger partial charge in [0.1, 0.15) is 5.01 Å². The average molecular weight is 619 g/mol. The second-order valence-corrected chi connectivity index (χ2v) is 11.5. The van der Waals surface area contributed by atoms with Gasteiger partial charge in [0, 0.05) is 56.7 Å². The fourth-order valence-corrected chi connectivity index (χ4v) is 6.24. The average Bonchev–Trinajstić information content (AvgIpc) is 3.62. The molecule has 9 heteroatoms. The molecule has 3 heterocycles. The standard InChI is InChI=1S/C31H32BrN5O2S/c1-5-37(6-2)13-12-33-30(39)28-18(3)26(34-19(28)4)16-24-23-15-20(10-11-25(23)35-29(24)38)27-17-40-31(36-27)21-8-7-9-22(32)14-21/h7-11,14-17,34H,5-6,12-13H2,1-4H3,(H,33,39)(H,35,38). The highest BCUT2D eigenvalue weighted by Crippen LogP contribution is 2.38. The van der Waals surface area contributed by atoms with Crippen LogP contribution in [0, 0.1) is 13.8 Å². The van der Waals surface area contributed by atoms with E-state index in [4.69, 9.17) is 4.98 Å². The van der Waals surface area contributed by atoms with E-state index < -0.39 is 0 Å². The Balaban J connectivity index is 1.41. The van der Waals surface area contributed by atoms with Crippen molar-refractivity contribution in [3.8, 4) is 21.8 Å². The molecule has 0 radical (unpaired) electrons. The molecule has 0 bridgehead atoms. The lowest BCUT2D eigenvalue weighted by Gasteiger charge is -2.18. The Bertz CT molecular complexity index is 1620. The van der Waals surface area contributed by atoms with E-state index in [1.54, 1.807) is 11.3 Å². The molecule has 2 amide bonds. The Morgan fingerprint density at radius 1 is 1.12 bits per heavy atom. The number of rotatable bonds is 9. The number of fused-ring (bicyclic) bond motifs is 1. The maximum absolute atomic E-state index is 13.0. The number of nitrogens with one attached hydrogen (secondary N) is 3. The van der Waals surface area contributed by atoms with Gasteiger partial charge in [0.15, 0.2) is 0 Å². The minimum atomic E-state index is -0.169. The first-order chi connectivity index (χ1) is 19.3. The molecule has 0 unspecified atom stereocenters. The number of aryl methyl sites for hydroxylation is 1. The van der Waals surface area contributed by atoms with E-state index in [0.29, 0.717) is 17.7 Å². The van der Waals surface area contributed by atoms with Crippen LogP contribution in [0.15, 0.2) is 52.3 Å². The van der Waals surface area contributed by atoms with Crippen LogP contribution in [0.25, 0.3) is 33.5 Å². The van der Waals surface area contributed by atoms with Crippen molar-refractivity contribution in [3.63, 3.8) is 0 Å². The monoisotopic (exact) mass is 617 g/mol. The van der Waals surface area contributed by atoms with Gasteiger partial charge in [-0.3, -0.25) is 9.59 Å². The van der Waals surface area contributed by atoms with Gasteiger partial charge < -0.3 is 20.5 Å². The highest BCUT2D eigenvalue weighted by molar-refractivity contribution is 9.10. The topological polar surface area (TPSA) is 90.1 Å². The van der Waals surface area contributed by atoms with Crippen LogP contribution in [-0.2, 0) is 4.79 Å². The van der Waals surface area contributed by atoms with Crippen LogP contribution in [-0.4, -0.2) is 52.9 Å². The Labute approximate surface area is 246 Å². The van der Waals surface area contributed by atoms with Crippen molar-refractivity contribution in [2.24, 2.45) is 0 Å². The molecule has 5 rings (SSSR count). The van der Waals surface area contributed by atoms with Gasteiger partial charge in [0.05, 0.1) is 16.8 Å². The number of benzene rings is 2. The van der Waals surface area contributed by atoms with Crippen molar-refractivity contribution in [2.75, 3.05) is 31.5 Å². The van der Waals surface area contributed by atoms with E-state index in [9.17, 15) is 9.59 Å². The molecule has 2 aromatic heterocycles. The highest BCUT2D eigenvalue weighted by Gasteiger charge is 2.26. The lowest BCUT2D eigenvalue weighted by atomic mass is 10.0. The van der Waals surface area contributed by atoms with Crippen molar-refractivity contribution in [1.29, 1.82) is 0 Å². The molecular formula is C31H32BrN5O2S. The van der Waals surface area contributed by atoms with Crippen LogP contribution in [0.2, 0.25) is 0 Å². The maximum Gasteiger partial charge on any atom is 0.256 e. The summed E-state index contributed by atoms with van der Waals surface area (Å²) in [7, 11) is 0. The smallest absolute Gasteiger partial charge is 0.256 e. The Hall–Kier alpha value is -3.53. The van der Waals surface area contributed by atoms with E-state index in [0.717, 1.165) is 74.1 Å². The third kappa shape index (κ3) is 5.68. The van der Waals surface area contributed by atoms with Gasteiger partial charge in [-0.25, -0.2) is 4.98 Å². The Morgan fingerprint density at radius 2 is 1.93 bits per heavy atom.